The quantitative estimate of drug-likeness (QED) is 0.714. The minimum atomic E-state index is 0.185. The number of likely N-dealkylation sites (tertiary alicyclic amines) is 2. The van der Waals surface area contributed by atoms with E-state index in [1.54, 1.807) is 0 Å². The molecule has 28 heavy (non-hydrogen) atoms. The lowest BCUT2D eigenvalue weighted by molar-refractivity contribution is -0.138. The average Bonchev–Trinajstić information content (AvgIpc) is 3.33. The number of amides is 2. The van der Waals surface area contributed by atoms with Crippen LogP contribution in [0.5, 0.6) is 0 Å². The third-order valence-corrected chi connectivity index (χ3v) is 5.75. The molecule has 2 saturated heterocycles. The largest absolute Gasteiger partial charge is 0.343 e. The van der Waals surface area contributed by atoms with Crippen molar-refractivity contribution < 1.29 is 14.4 Å². The molecule has 2 heterocycles. The van der Waals surface area contributed by atoms with Gasteiger partial charge in [-0.15, -0.1) is 0 Å². The van der Waals surface area contributed by atoms with Crippen molar-refractivity contribution in [2.24, 2.45) is 17.8 Å². The van der Waals surface area contributed by atoms with Crippen LogP contribution in [0.2, 0.25) is 0 Å². The van der Waals surface area contributed by atoms with Gasteiger partial charge in [-0.2, -0.15) is 0 Å². The van der Waals surface area contributed by atoms with E-state index in [1.807, 2.05) is 44.4 Å². The average molecular weight is 395 g/mol. The van der Waals surface area contributed by atoms with E-state index < -0.39 is 0 Å². The molecule has 5 heteroatoms. The highest BCUT2D eigenvalue weighted by molar-refractivity contribution is 5.83. The van der Waals surface area contributed by atoms with Gasteiger partial charge in [0.05, 0.1) is 0 Å². The van der Waals surface area contributed by atoms with E-state index in [-0.39, 0.29) is 11.8 Å². The van der Waals surface area contributed by atoms with E-state index in [4.69, 9.17) is 0 Å². The number of hydrogen-bond acceptors (Lipinski definition) is 3. The number of carbonyl (C=O) groups excluding carboxylic acids is 3. The van der Waals surface area contributed by atoms with Crippen LogP contribution in [0.4, 0.5) is 0 Å². The van der Waals surface area contributed by atoms with Crippen LogP contribution in [0.3, 0.4) is 0 Å². The molecule has 0 aromatic heterocycles. The SMILES string of the molecule is CC(C)C(=O)C1CCCC1.CC(C)C(=O)N1CCC1.CCC(=O)N1CCCC1. The Balaban J connectivity index is 0.000000210. The van der Waals surface area contributed by atoms with Crippen molar-refractivity contribution in [2.75, 3.05) is 26.2 Å². The van der Waals surface area contributed by atoms with E-state index in [9.17, 15) is 14.4 Å². The first-order valence-corrected chi connectivity index (χ1v) is 11.4. The van der Waals surface area contributed by atoms with Gasteiger partial charge in [-0.25, -0.2) is 0 Å². The third kappa shape index (κ3) is 8.32. The molecule has 3 aliphatic rings. The highest BCUT2D eigenvalue weighted by atomic mass is 16.2. The second kappa shape index (κ2) is 12.9. The molecular weight excluding hydrogens is 352 g/mol. The molecule has 1 aliphatic carbocycles. The zero-order chi connectivity index (χ0) is 21.1. The monoisotopic (exact) mass is 394 g/mol. The Hall–Kier alpha value is -1.39. The minimum absolute atomic E-state index is 0.185. The van der Waals surface area contributed by atoms with Crippen molar-refractivity contribution in [1.29, 1.82) is 0 Å². The second-order valence-corrected chi connectivity index (χ2v) is 8.81. The molecule has 0 aromatic rings. The number of Topliss-reactive ketones (excluding diaryl/α,β-unsaturated/α-hetero) is 1. The Kier molecular flexibility index (Phi) is 11.4. The Morgan fingerprint density at radius 1 is 0.750 bits per heavy atom. The molecule has 0 unspecified atom stereocenters. The molecule has 0 radical (unpaired) electrons. The molecule has 0 spiro atoms. The molecule has 0 bridgehead atoms. The molecule has 3 fully saturated rings. The fraction of sp³-hybridized carbons (Fsp3) is 0.870. The molecular formula is C23H42N2O3. The molecule has 162 valence electrons. The van der Waals surface area contributed by atoms with Gasteiger partial charge in [0.1, 0.15) is 5.78 Å². The summed E-state index contributed by atoms with van der Waals surface area (Å²) in [7, 11) is 0. The summed E-state index contributed by atoms with van der Waals surface area (Å²) in [4.78, 5) is 37.2. The summed E-state index contributed by atoms with van der Waals surface area (Å²) in [5, 5.41) is 0. The number of ketones is 1. The van der Waals surface area contributed by atoms with Crippen molar-refractivity contribution >= 4 is 17.6 Å². The number of rotatable bonds is 4. The second-order valence-electron chi connectivity index (χ2n) is 8.81. The van der Waals surface area contributed by atoms with E-state index in [1.165, 1.54) is 32.1 Å². The van der Waals surface area contributed by atoms with E-state index >= 15 is 0 Å². The Bertz CT molecular complexity index is 486. The summed E-state index contributed by atoms with van der Waals surface area (Å²) >= 11 is 0. The lowest BCUT2D eigenvalue weighted by Gasteiger charge is -2.32. The highest BCUT2D eigenvalue weighted by Crippen LogP contribution is 2.27. The third-order valence-electron chi connectivity index (χ3n) is 5.75. The molecule has 5 nitrogen and oxygen atoms in total. The number of nitrogens with zero attached hydrogens (tertiary/aromatic N) is 2. The van der Waals surface area contributed by atoms with Crippen LogP contribution in [-0.4, -0.2) is 53.6 Å². The van der Waals surface area contributed by atoms with Crippen molar-refractivity contribution in [3.8, 4) is 0 Å². The van der Waals surface area contributed by atoms with Gasteiger partial charge in [-0.1, -0.05) is 47.5 Å². The summed E-state index contributed by atoms with van der Waals surface area (Å²) < 4.78 is 0. The summed E-state index contributed by atoms with van der Waals surface area (Å²) in [5.74, 6) is 1.96. The lowest BCUT2D eigenvalue weighted by atomic mass is 9.94. The topological polar surface area (TPSA) is 57.7 Å². The van der Waals surface area contributed by atoms with Gasteiger partial charge in [0, 0.05) is 50.4 Å². The Labute approximate surface area is 172 Å². The van der Waals surface area contributed by atoms with E-state index in [2.05, 4.69) is 0 Å². The van der Waals surface area contributed by atoms with Gasteiger partial charge >= 0.3 is 0 Å². The standard InChI is InChI=1S/C9H16O.2C7H13NO/c1-7(2)9(10)8-5-3-4-6-8;1-6(2)7(9)8-4-3-5-8;1-2-7(9)8-5-3-4-6-8/h7-8H,3-6H2,1-2H3;6H,3-5H2,1-2H3;2-6H2,1H3. The van der Waals surface area contributed by atoms with Crippen LogP contribution in [0.1, 0.15) is 86.0 Å². The zero-order valence-corrected chi connectivity index (χ0v) is 18.8. The summed E-state index contributed by atoms with van der Waals surface area (Å²) in [5.41, 5.74) is 0. The Morgan fingerprint density at radius 3 is 1.57 bits per heavy atom. The van der Waals surface area contributed by atoms with Crippen LogP contribution < -0.4 is 0 Å². The summed E-state index contributed by atoms with van der Waals surface area (Å²) in [6, 6.07) is 0. The molecule has 0 atom stereocenters. The molecule has 3 rings (SSSR count). The summed E-state index contributed by atoms with van der Waals surface area (Å²) in [6.45, 7) is 13.8. The van der Waals surface area contributed by atoms with Gasteiger partial charge in [0.2, 0.25) is 11.8 Å². The van der Waals surface area contributed by atoms with Crippen molar-refractivity contribution in [2.45, 2.75) is 86.0 Å². The van der Waals surface area contributed by atoms with E-state index in [0.717, 1.165) is 39.0 Å². The fourth-order valence-corrected chi connectivity index (χ4v) is 3.77. The van der Waals surface area contributed by atoms with Gasteiger partial charge in [-0.3, -0.25) is 14.4 Å². The van der Waals surface area contributed by atoms with Crippen LogP contribution in [-0.2, 0) is 14.4 Å². The smallest absolute Gasteiger partial charge is 0.225 e. The maximum Gasteiger partial charge on any atom is 0.225 e. The van der Waals surface area contributed by atoms with Crippen LogP contribution >= 0.6 is 0 Å². The van der Waals surface area contributed by atoms with Gasteiger partial charge in [0.15, 0.2) is 0 Å². The van der Waals surface area contributed by atoms with Crippen LogP contribution in [0.15, 0.2) is 0 Å². The van der Waals surface area contributed by atoms with Gasteiger partial charge in [0.25, 0.3) is 0 Å². The first kappa shape index (κ1) is 24.6. The van der Waals surface area contributed by atoms with Gasteiger partial charge < -0.3 is 9.80 Å². The van der Waals surface area contributed by atoms with Crippen molar-refractivity contribution in [3.63, 3.8) is 0 Å². The predicted octanol–water partition coefficient (Wildman–Crippen LogP) is 4.30. The number of carbonyl (C=O) groups is 3. The molecule has 0 aromatic carbocycles. The maximum atomic E-state index is 11.3. The predicted molar refractivity (Wildman–Crippen MR) is 114 cm³/mol. The highest BCUT2D eigenvalue weighted by Gasteiger charge is 2.24. The van der Waals surface area contributed by atoms with Crippen molar-refractivity contribution in [3.05, 3.63) is 0 Å². The first-order chi connectivity index (χ1) is 13.3. The normalized spacial score (nSPS) is 19.0. The Morgan fingerprint density at radius 2 is 1.25 bits per heavy atom. The number of hydrogen-bond donors (Lipinski definition) is 0. The summed E-state index contributed by atoms with van der Waals surface area (Å²) in [6.07, 6.45) is 9.09. The fourth-order valence-electron chi connectivity index (χ4n) is 3.77. The zero-order valence-electron chi connectivity index (χ0n) is 18.8. The molecule has 2 amide bonds. The van der Waals surface area contributed by atoms with Crippen molar-refractivity contribution in [1.82, 2.24) is 9.80 Å². The van der Waals surface area contributed by atoms with Gasteiger partial charge in [-0.05, 0) is 32.1 Å². The molecule has 1 saturated carbocycles. The minimum Gasteiger partial charge on any atom is -0.343 e. The molecule has 2 aliphatic heterocycles. The lowest BCUT2D eigenvalue weighted by Crippen LogP contribution is -2.44. The van der Waals surface area contributed by atoms with Crippen LogP contribution in [0, 0.1) is 17.8 Å². The molecule has 0 N–H and O–H groups in total. The maximum absolute atomic E-state index is 11.3. The van der Waals surface area contributed by atoms with Crippen LogP contribution in [0.25, 0.3) is 0 Å². The van der Waals surface area contributed by atoms with E-state index in [0.29, 0.717) is 29.9 Å². The first-order valence-electron chi connectivity index (χ1n) is 11.4.